The first-order valence-corrected chi connectivity index (χ1v) is 6.69. The lowest BCUT2D eigenvalue weighted by atomic mass is 9.97. The number of benzene rings is 1. The summed E-state index contributed by atoms with van der Waals surface area (Å²) in [4.78, 5) is 2.36. The molecular weight excluding hydrogens is 246 g/mol. The monoisotopic (exact) mass is 263 g/mol. The van der Waals surface area contributed by atoms with Crippen LogP contribution in [-0.4, -0.2) is 31.6 Å². The van der Waals surface area contributed by atoms with Crippen molar-refractivity contribution in [3.05, 3.63) is 28.8 Å². The summed E-state index contributed by atoms with van der Waals surface area (Å²) in [6, 6.07) is 7.46. The normalized spacial score (nSPS) is 17.4. The summed E-state index contributed by atoms with van der Waals surface area (Å²) in [7, 11) is 2.16. The predicted octanol–water partition coefficient (Wildman–Crippen LogP) is 2.97. The van der Waals surface area contributed by atoms with Crippen molar-refractivity contribution in [2.75, 3.05) is 32.0 Å². The maximum atomic E-state index is 8.87. The Bertz CT molecular complexity index is 445. The molecule has 1 fully saturated rings. The van der Waals surface area contributed by atoms with E-state index < -0.39 is 0 Å². The molecule has 1 N–H and O–H groups in total. The van der Waals surface area contributed by atoms with Crippen LogP contribution in [0.3, 0.4) is 0 Å². The van der Waals surface area contributed by atoms with E-state index in [0.29, 0.717) is 16.5 Å². The summed E-state index contributed by atoms with van der Waals surface area (Å²) in [6.45, 7) is 3.26. The van der Waals surface area contributed by atoms with E-state index in [9.17, 15) is 0 Å². The highest BCUT2D eigenvalue weighted by Crippen LogP contribution is 2.24. The molecule has 1 saturated heterocycles. The van der Waals surface area contributed by atoms with E-state index in [1.165, 1.54) is 12.8 Å². The van der Waals surface area contributed by atoms with E-state index in [1.54, 1.807) is 12.1 Å². The highest BCUT2D eigenvalue weighted by atomic mass is 35.5. The zero-order valence-electron chi connectivity index (χ0n) is 10.6. The Balaban J connectivity index is 1.92. The zero-order valence-corrected chi connectivity index (χ0v) is 11.4. The fraction of sp³-hybridized carbons (Fsp3) is 0.500. The molecule has 0 saturated carbocycles. The van der Waals surface area contributed by atoms with Gasteiger partial charge in [-0.1, -0.05) is 11.6 Å². The van der Waals surface area contributed by atoms with Gasteiger partial charge in [0.15, 0.2) is 0 Å². The van der Waals surface area contributed by atoms with Crippen LogP contribution < -0.4 is 5.32 Å². The summed E-state index contributed by atoms with van der Waals surface area (Å²) in [5, 5.41) is 12.9. The van der Waals surface area contributed by atoms with Gasteiger partial charge in [-0.05, 0) is 57.1 Å². The largest absolute Gasteiger partial charge is 0.384 e. The maximum absolute atomic E-state index is 8.87. The van der Waals surface area contributed by atoms with Crippen LogP contribution in [0.2, 0.25) is 5.02 Å². The van der Waals surface area contributed by atoms with Crippen molar-refractivity contribution in [3.8, 4) is 6.07 Å². The summed E-state index contributed by atoms with van der Waals surface area (Å²) in [5.74, 6) is 0.697. The quantitative estimate of drug-likeness (QED) is 0.911. The van der Waals surface area contributed by atoms with Gasteiger partial charge in [-0.25, -0.2) is 0 Å². The van der Waals surface area contributed by atoms with E-state index >= 15 is 0 Å². The second-order valence-electron chi connectivity index (χ2n) is 4.93. The Morgan fingerprint density at radius 2 is 2.17 bits per heavy atom. The Kier molecular flexibility index (Phi) is 4.46. The van der Waals surface area contributed by atoms with E-state index in [0.717, 1.165) is 25.3 Å². The molecule has 1 aromatic carbocycles. The van der Waals surface area contributed by atoms with Crippen LogP contribution in [0.25, 0.3) is 0 Å². The first-order chi connectivity index (χ1) is 8.69. The lowest BCUT2D eigenvalue weighted by Crippen LogP contribution is -2.32. The second kappa shape index (κ2) is 6.08. The summed E-state index contributed by atoms with van der Waals surface area (Å²) < 4.78 is 0. The third-order valence-corrected chi connectivity index (χ3v) is 3.84. The minimum atomic E-state index is 0.644. The number of likely N-dealkylation sites (tertiary alicyclic amines) is 1. The highest BCUT2D eigenvalue weighted by Gasteiger charge is 2.16. The van der Waals surface area contributed by atoms with Gasteiger partial charge in [0, 0.05) is 6.54 Å². The fourth-order valence-electron chi connectivity index (χ4n) is 2.25. The lowest BCUT2D eigenvalue weighted by Gasteiger charge is -2.29. The van der Waals surface area contributed by atoms with Crippen LogP contribution in [0.15, 0.2) is 18.2 Å². The van der Waals surface area contributed by atoms with Crippen molar-refractivity contribution < 1.29 is 0 Å². The maximum Gasteiger partial charge on any atom is 0.0992 e. The van der Waals surface area contributed by atoms with E-state index in [-0.39, 0.29) is 0 Å². The predicted molar refractivity (Wildman–Crippen MR) is 74.9 cm³/mol. The molecule has 0 radical (unpaired) electrons. The molecule has 0 atom stereocenters. The zero-order chi connectivity index (χ0) is 13.0. The van der Waals surface area contributed by atoms with E-state index in [4.69, 9.17) is 16.9 Å². The van der Waals surface area contributed by atoms with Crippen molar-refractivity contribution in [2.45, 2.75) is 12.8 Å². The molecule has 1 aliphatic heterocycles. The first-order valence-electron chi connectivity index (χ1n) is 6.31. The van der Waals surface area contributed by atoms with Gasteiger partial charge >= 0.3 is 0 Å². The van der Waals surface area contributed by atoms with Gasteiger partial charge < -0.3 is 10.2 Å². The molecule has 0 spiro atoms. The third kappa shape index (κ3) is 3.38. The number of hydrogen-bond donors (Lipinski definition) is 1. The highest BCUT2D eigenvalue weighted by molar-refractivity contribution is 6.33. The molecule has 1 heterocycles. The number of hydrogen-bond acceptors (Lipinski definition) is 3. The minimum absolute atomic E-state index is 0.644. The Hall–Kier alpha value is -1.24. The molecule has 2 rings (SSSR count). The minimum Gasteiger partial charge on any atom is -0.384 e. The van der Waals surface area contributed by atoms with Crippen molar-refractivity contribution >= 4 is 17.3 Å². The SMILES string of the molecule is CN1CCC(CNc2cc(C#N)ccc2Cl)CC1. The molecule has 1 aromatic rings. The Morgan fingerprint density at radius 1 is 1.44 bits per heavy atom. The van der Waals surface area contributed by atoms with Gasteiger partial charge in [0.05, 0.1) is 22.3 Å². The van der Waals surface area contributed by atoms with Gasteiger partial charge in [-0.3, -0.25) is 0 Å². The molecule has 0 unspecified atom stereocenters. The molecule has 0 aliphatic carbocycles. The Labute approximate surface area is 113 Å². The van der Waals surface area contributed by atoms with Gasteiger partial charge in [0.2, 0.25) is 0 Å². The summed E-state index contributed by atoms with van der Waals surface area (Å²) in [5.41, 5.74) is 1.51. The molecule has 96 valence electrons. The van der Waals surface area contributed by atoms with Gasteiger partial charge in [0.1, 0.15) is 0 Å². The average Bonchev–Trinajstić information content (AvgIpc) is 2.40. The summed E-state index contributed by atoms with van der Waals surface area (Å²) in [6.07, 6.45) is 2.44. The van der Waals surface area contributed by atoms with Crippen LogP contribution in [0.4, 0.5) is 5.69 Å². The van der Waals surface area contributed by atoms with Crippen molar-refractivity contribution in [3.63, 3.8) is 0 Å². The van der Waals surface area contributed by atoms with Gasteiger partial charge in [0.25, 0.3) is 0 Å². The Morgan fingerprint density at radius 3 is 2.83 bits per heavy atom. The second-order valence-corrected chi connectivity index (χ2v) is 5.34. The van der Waals surface area contributed by atoms with Crippen molar-refractivity contribution in [1.29, 1.82) is 5.26 Å². The smallest absolute Gasteiger partial charge is 0.0992 e. The third-order valence-electron chi connectivity index (χ3n) is 3.51. The molecule has 1 aliphatic rings. The van der Waals surface area contributed by atoms with Crippen LogP contribution in [-0.2, 0) is 0 Å². The number of piperidine rings is 1. The first kappa shape index (κ1) is 13.2. The molecule has 0 bridgehead atoms. The number of nitrogens with one attached hydrogen (secondary N) is 1. The molecule has 4 heteroatoms. The van der Waals surface area contributed by atoms with Crippen LogP contribution in [0.5, 0.6) is 0 Å². The van der Waals surface area contributed by atoms with E-state index in [2.05, 4.69) is 23.3 Å². The number of nitrogens with zero attached hydrogens (tertiary/aromatic N) is 2. The van der Waals surface area contributed by atoms with Crippen LogP contribution in [0, 0.1) is 17.2 Å². The number of halogens is 1. The fourth-order valence-corrected chi connectivity index (χ4v) is 2.44. The molecule has 0 aromatic heterocycles. The van der Waals surface area contributed by atoms with Gasteiger partial charge in [-0.15, -0.1) is 0 Å². The molecule has 3 nitrogen and oxygen atoms in total. The number of nitriles is 1. The van der Waals surface area contributed by atoms with Crippen LogP contribution in [0.1, 0.15) is 18.4 Å². The van der Waals surface area contributed by atoms with Crippen molar-refractivity contribution in [2.24, 2.45) is 5.92 Å². The van der Waals surface area contributed by atoms with Gasteiger partial charge in [-0.2, -0.15) is 5.26 Å². The number of anilines is 1. The molecule has 18 heavy (non-hydrogen) atoms. The summed E-state index contributed by atoms with van der Waals surface area (Å²) >= 11 is 6.11. The van der Waals surface area contributed by atoms with E-state index in [1.807, 2.05) is 6.07 Å². The molecule has 0 amide bonds. The standard InChI is InChI=1S/C14H18ClN3/c1-18-6-4-11(5-7-18)10-17-14-8-12(9-16)2-3-13(14)15/h2-3,8,11,17H,4-7,10H2,1H3. The van der Waals surface area contributed by atoms with Crippen molar-refractivity contribution in [1.82, 2.24) is 4.90 Å². The van der Waals surface area contributed by atoms with Crippen LogP contribution >= 0.6 is 11.6 Å². The lowest BCUT2D eigenvalue weighted by molar-refractivity contribution is 0.226. The molecular formula is C14H18ClN3. The number of rotatable bonds is 3. The topological polar surface area (TPSA) is 39.1 Å². The average molecular weight is 264 g/mol.